The lowest BCUT2D eigenvalue weighted by molar-refractivity contribution is 0.0547. The fourth-order valence-electron chi connectivity index (χ4n) is 2.64. The van der Waals surface area contributed by atoms with Crippen molar-refractivity contribution in [1.29, 1.82) is 0 Å². The van der Waals surface area contributed by atoms with Crippen LogP contribution in [0.1, 0.15) is 41.5 Å². The fraction of sp³-hybridized carbons (Fsp3) is 0.529. The summed E-state index contributed by atoms with van der Waals surface area (Å²) in [4.78, 5) is 17.1. The lowest BCUT2D eigenvalue weighted by atomic mass is 9.85. The Balaban J connectivity index is 2.12. The molecular formula is C17H22BClN2O4. The quantitative estimate of drug-likeness (QED) is 0.726. The zero-order valence-corrected chi connectivity index (χ0v) is 16.0. The van der Waals surface area contributed by atoms with Crippen LogP contribution < -0.4 is 5.59 Å². The molecule has 1 fully saturated rings. The Morgan fingerprint density at radius 3 is 2.64 bits per heavy atom. The maximum Gasteiger partial charge on any atom is 0.512 e. The topological polar surface area (TPSA) is 62.6 Å². The van der Waals surface area contributed by atoms with Gasteiger partial charge in [0.1, 0.15) is 5.60 Å². The molecule has 3 rings (SSSR count). The lowest BCUT2D eigenvalue weighted by Gasteiger charge is -2.22. The number of ether oxygens (including phenoxy) is 1. The largest absolute Gasteiger partial charge is 0.512 e. The van der Waals surface area contributed by atoms with Crippen molar-refractivity contribution in [2.45, 2.75) is 58.8 Å². The summed E-state index contributed by atoms with van der Waals surface area (Å²) in [7, 11) is -0.689. The number of carbonyl (C=O) groups excluding carboxylic acids is 1. The van der Waals surface area contributed by atoms with Crippen LogP contribution in [0.2, 0.25) is 5.02 Å². The van der Waals surface area contributed by atoms with Crippen molar-refractivity contribution in [2.24, 2.45) is 0 Å². The molecule has 0 radical (unpaired) electrons. The van der Waals surface area contributed by atoms with Crippen molar-refractivity contribution < 1.29 is 18.8 Å². The van der Waals surface area contributed by atoms with Gasteiger partial charge in [-0.25, -0.2) is 4.79 Å². The highest BCUT2D eigenvalue weighted by Crippen LogP contribution is 2.28. The third-order valence-electron chi connectivity index (χ3n) is 4.18. The van der Waals surface area contributed by atoms with Crippen molar-refractivity contribution in [3.63, 3.8) is 0 Å². The van der Waals surface area contributed by atoms with Crippen molar-refractivity contribution in [3.05, 3.63) is 23.4 Å². The van der Waals surface area contributed by atoms with Crippen molar-refractivity contribution in [1.82, 2.24) is 9.55 Å². The highest BCUT2D eigenvalue weighted by atomic mass is 35.5. The van der Waals surface area contributed by atoms with Gasteiger partial charge in [-0.15, -0.1) is 0 Å². The summed E-state index contributed by atoms with van der Waals surface area (Å²) in [6.07, 6.45) is 0.890. The predicted molar refractivity (Wildman–Crippen MR) is 97.5 cm³/mol. The number of hydrogen-bond acceptors (Lipinski definition) is 5. The Hall–Kier alpha value is -1.57. The van der Waals surface area contributed by atoms with Crippen LogP contribution in [-0.4, -0.2) is 40.1 Å². The molecule has 1 saturated heterocycles. The molecule has 25 heavy (non-hydrogen) atoms. The molecule has 3 heterocycles. The van der Waals surface area contributed by atoms with Crippen LogP contribution in [0.5, 0.6) is 0 Å². The van der Waals surface area contributed by atoms with E-state index in [1.165, 1.54) is 10.8 Å². The molecule has 0 bridgehead atoms. The molecular weight excluding hydrogens is 342 g/mol. The van der Waals surface area contributed by atoms with Gasteiger partial charge >= 0.3 is 13.2 Å². The van der Waals surface area contributed by atoms with Gasteiger partial charge in [0.05, 0.1) is 33.4 Å². The minimum Gasteiger partial charge on any atom is -0.443 e. The first-order chi connectivity index (χ1) is 11.5. The average Bonchev–Trinajstić information content (AvgIpc) is 2.94. The van der Waals surface area contributed by atoms with Crippen LogP contribution in [0.15, 0.2) is 18.3 Å². The summed E-state index contributed by atoms with van der Waals surface area (Å²) in [5, 5.41) is 0.434. The summed E-state index contributed by atoms with van der Waals surface area (Å²) in [6, 6.07) is 3.45. The Morgan fingerprint density at radius 1 is 1.40 bits per heavy atom. The number of carbonyl (C=O) groups is 1. The second-order valence-electron chi connectivity index (χ2n) is 7.77. The van der Waals surface area contributed by atoms with Gasteiger partial charge in [0.15, 0.2) is 0 Å². The van der Waals surface area contributed by atoms with Crippen LogP contribution in [0.3, 0.4) is 0 Å². The number of rotatable bonds is 1. The standard InChI is InChI=1S/C17H22BClN2O4/c1-10-17(5,6)25-18(24-10)14-8-12-13(7-11(19)9-20-12)21(14)15(22)23-16(2,3)4/h7-10H,1-6H3. The van der Waals surface area contributed by atoms with Crippen LogP contribution in [0.4, 0.5) is 4.79 Å². The summed E-state index contributed by atoms with van der Waals surface area (Å²) >= 11 is 6.08. The van der Waals surface area contributed by atoms with E-state index in [0.29, 0.717) is 21.6 Å². The maximum atomic E-state index is 12.8. The van der Waals surface area contributed by atoms with Crippen LogP contribution in [0, 0.1) is 0 Å². The molecule has 1 aliphatic rings. The van der Waals surface area contributed by atoms with E-state index in [1.54, 1.807) is 12.1 Å². The van der Waals surface area contributed by atoms with E-state index in [0.717, 1.165) is 0 Å². The number of hydrogen-bond donors (Lipinski definition) is 0. The highest BCUT2D eigenvalue weighted by Gasteiger charge is 2.46. The number of pyridine rings is 1. The minimum absolute atomic E-state index is 0.126. The van der Waals surface area contributed by atoms with E-state index >= 15 is 0 Å². The van der Waals surface area contributed by atoms with Crippen molar-refractivity contribution in [2.75, 3.05) is 0 Å². The van der Waals surface area contributed by atoms with Gasteiger partial charge in [-0.1, -0.05) is 11.6 Å². The number of halogens is 1. The molecule has 8 heteroatoms. The summed E-state index contributed by atoms with van der Waals surface area (Å²) in [5.74, 6) is 0. The maximum absolute atomic E-state index is 12.8. The van der Waals surface area contributed by atoms with Gasteiger partial charge in [-0.3, -0.25) is 9.55 Å². The summed E-state index contributed by atoms with van der Waals surface area (Å²) in [6.45, 7) is 11.3. The first kappa shape index (κ1) is 18.2. The molecule has 0 spiro atoms. The van der Waals surface area contributed by atoms with Crippen LogP contribution in [-0.2, 0) is 14.0 Å². The molecule has 134 valence electrons. The van der Waals surface area contributed by atoms with Crippen LogP contribution >= 0.6 is 11.6 Å². The van der Waals surface area contributed by atoms with Gasteiger partial charge in [0, 0.05) is 6.20 Å². The van der Waals surface area contributed by atoms with E-state index < -0.39 is 24.4 Å². The SMILES string of the molecule is CC1OB(c2cc3ncc(Cl)cc3n2C(=O)OC(C)(C)C)OC1(C)C. The Morgan fingerprint density at radius 2 is 2.08 bits per heavy atom. The molecule has 1 unspecified atom stereocenters. The fourth-order valence-corrected chi connectivity index (χ4v) is 2.79. The molecule has 1 atom stereocenters. The van der Waals surface area contributed by atoms with Crippen molar-refractivity contribution >= 4 is 41.4 Å². The molecule has 0 saturated carbocycles. The van der Waals surface area contributed by atoms with Crippen molar-refractivity contribution in [3.8, 4) is 0 Å². The monoisotopic (exact) mass is 364 g/mol. The van der Waals surface area contributed by atoms with Gasteiger partial charge in [-0.05, 0) is 53.7 Å². The van der Waals surface area contributed by atoms with E-state index in [4.69, 9.17) is 25.6 Å². The van der Waals surface area contributed by atoms with E-state index in [1.807, 2.05) is 41.5 Å². The molecule has 6 nitrogen and oxygen atoms in total. The highest BCUT2D eigenvalue weighted by molar-refractivity contribution is 6.62. The molecule has 0 amide bonds. The number of aromatic nitrogens is 2. The summed E-state index contributed by atoms with van der Waals surface area (Å²) < 4.78 is 18.9. The minimum atomic E-state index is -0.689. The van der Waals surface area contributed by atoms with E-state index in [2.05, 4.69) is 4.98 Å². The lowest BCUT2D eigenvalue weighted by Crippen LogP contribution is -2.42. The first-order valence-corrected chi connectivity index (χ1v) is 8.59. The molecule has 1 aliphatic heterocycles. The van der Waals surface area contributed by atoms with Crippen LogP contribution in [0.25, 0.3) is 11.0 Å². The average molecular weight is 365 g/mol. The third-order valence-corrected chi connectivity index (χ3v) is 4.39. The van der Waals surface area contributed by atoms with Gasteiger partial charge < -0.3 is 14.0 Å². The zero-order chi connectivity index (χ0) is 18.6. The third kappa shape index (κ3) is 3.54. The summed E-state index contributed by atoms with van der Waals surface area (Å²) in [5.41, 5.74) is 0.610. The normalized spacial score (nSPS) is 20.3. The van der Waals surface area contributed by atoms with E-state index in [9.17, 15) is 4.79 Å². The van der Waals surface area contributed by atoms with Gasteiger partial charge in [-0.2, -0.15) is 0 Å². The first-order valence-electron chi connectivity index (χ1n) is 8.21. The second-order valence-corrected chi connectivity index (χ2v) is 8.21. The Labute approximate surface area is 152 Å². The second kappa shape index (κ2) is 6.00. The molecule has 2 aromatic heterocycles. The predicted octanol–water partition coefficient (Wildman–Crippen LogP) is 3.38. The smallest absolute Gasteiger partial charge is 0.443 e. The molecule has 0 N–H and O–H groups in total. The molecule has 2 aromatic rings. The van der Waals surface area contributed by atoms with Gasteiger partial charge in [0.2, 0.25) is 0 Å². The number of nitrogens with zero attached hydrogens (tertiary/aromatic N) is 2. The molecule has 0 aliphatic carbocycles. The van der Waals surface area contributed by atoms with Gasteiger partial charge in [0.25, 0.3) is 0 Å². The Kier molecular flexibility index (Phi) is 4.38. The number of fused-ring (bicyclic) bond motifs is 1. The Bertz CT molecular complexity index is 828. The molecule has 0 aromatic carbocycles. The zero-order valence-electron chi connectivity index (χ0n) is 15.3. The van der Waals surface area contributed by atoms with E-state index in [-0.39, 0.29) is 6.10 Å².